The molecule has 0 aromatic carbocycles. The smallest absolute Gasteiger partial charge is 0.0806 e. The Kier molecular flexibility index (Phi) is 4.62. The molecule has 2 fully saturated rings. The van der Waals surface area contributed by atoms with Crippen LogP contribution in [0.15, 0.2) is 0 Å². The first-order chi connectivity index (χ1) is 7.85. The first-order valence-electron chi connectivity index (χ1n) is 6.71. The van der Waals surface area contributed by atoms with E-state index in [1.807, 2.05) is 0 Å². The summed E-state index contributed by atoms with van der Waals surface area (Å²) in [5, 5.41) is 3.62. The highest BCUT2D eigenvalue weighted by atomic mass is 16.5. The lowest BCUT2D eigenvalue weighted by Gasteiger charge is -2.30. The summed E-state index contributed by atoms with van der Waals surface area (Å²) in [7, 11) is 1.75. The molecule has 0 radical (unpaired) electrons. The van der Waals surface area contributed by atoms with Gasteiger partial charge < -0.3 is 14.8 Å². The third kappa shape index (κ3) is 3.72. The Hall–Kier alpha value is -0.120. The molecule has 3 nitrogen and oxygen atoms in total. The molecule has 2 saturated carbocycles. The van der Waals surface area contributed by atoms with Gasteiger partial charge in [0, 0.05) is 32.9 Å². The molecule has 0 aromatic rings. The van der Waals surface area contributed by atoms with Gasteiger partial charge >= 0.3 is 0 Å². The molecule has 0 heterocycles. The van der Waals surface area contributed by atoms with Gasteiger partial charge in [0.2, 0.25) is 0 Å². The first-order valence-corrected chi connectivity index (χ1v) is 6.71. The summed E-state index contributed by atoms with van der Waals surface area (Å²) in [6.45, 7) is 2.72. The van der Waals surface area contributed by atoms with E-state index in [0.717, 1.165) is 32.2 Å². The Bertz CT molecular complexity index is 198. The van der Waals surface area contributed by atoms with Gasteiger partial charge in [0.15, 0.2) is 0 Å². The predicted octanol–water partition coefficient (Wildman–Crippen LogP) is 2.10. The van der Waals surface area contributed by atoms with Crippen LogP contribution < -0.4 is 5.32 Å². The third-order valence-electron chi connectivity index (χ3n) is 3.71. The van der Waals surface area contributed by atoms with Crippen LogP contribution in [0, 0.1) is 0 Å². The van der Waals surface area contributed by atoms with Gasteiger partial charge in [-0.2, -0.15) is 0 Å². The van der Waals surface area contributed by atoms with Crippen molar-refractivity contribution in [2.45, 2.75) is 56.6 Å². The Labute approximate surface area is 98.9 Å². The number of rotatable bonds is 8. The summed E-state index contributed by atoms with van der Waals surface area (Å²) in [6.07, 6.45) is 8.87. The van der Waals surface area contributed by atoms with Gasteiger partial charge in [0.1, 0.15) is 0 Å². The van der Waals surface area contributed by atoms with E-state index >= 15 is 0 Å². The molecule has 0 amide bonds. The molecule has 0 unspecified atom stereocenters. The van der Waals surface area contributed by atoms with Crippen molar-refractivity contribution in [2.75, 3.05) is 26.9 Å². The van der Waals surface area contributed by atoms with Gasteiger partial charge in [-0.25, -0.2) is 0 Å². The molecule has 2 aliphatic carbocycles. The van der Waals surface area contributed by atoms with E-state index in [-0.39, 0.29) is 5.60 Å². The molecule has 0 bridgehead atoms. The minimum atomic E-state index is 0.149. The lowest BCUT2D eigenvalue weighted by Crippen LogP contribution is -2.42. The summed E-state index contributed by atoms with van der Waals surface area (Å²) in [5.41, 5.74) is 0.149. The highest BCUT2D eigenvalue weighted by Crippen LogP contribution is 2.33. The molecule has 0 atom stereocenters. The van der Waals surface area contributed by atoms with Crippen LogP contribution in [0.3, 0.4) is 0 Å². The Morgan fingerprint density at radius 1 is 1.19 bits per heavy atom. The summed E-state index contributed by atoms with van der Waals surface area (Å²) in [5.74, 6) is 0. The molecule has 0 aliphatic heterocycles. The van der Waals surface area contributed by atoms with Crippen molar-refractivity contribution in [1.82, 2.24) is 5.32 Å². The van der Waals surface area contributed by atoms with E-state index in [1.54, 1.807) is 7.11 Å². The number of methoxy groups -OCH3 is 1. The lowest BCUT2D eigenvalue weighted by molar-refractivity contribution is -0.0452. The fraction of sp³-hybridized carbons (Fsp3) is 1.00. The van der Waals surface area contributed by atoms with Crippen LogP contribution >= 0.6 is 0 Å². The molecular formula is C13H25NO2. The van der Waals surface area contributed by atoms with Gasteiger partial charge in [-0.15, -0.1) is 0 Å². The van der Waals surface area contributed by atoms with E-state index < -0.39 is 0 Å². The molecule has 0 saturated heterocycles. The van der Waals surface area contributed by atoms with Gasteiger partial charge in [-0.05, 0) is 32.1 Å². The van der Waals surface area contributed by atoms with Gasteiger partial charge in [0.05, 0.1) is 5.60 Å². The second kappa shape index (κ2) is 5.99. The van der Waals surface area contributed by atoms with Crippen LogP contribution in [-0.2, 0) is 9.47 Å². The zero-order valence-electron chi connectivity index (χ0n) is 10.5. The highest BCUT2D eigenvalue weighted by Gasteiger charge is 2.36. The SMILES string of the molecule is COCCCOC1(CNC2CC2)CCCC1. The molecule has 0 aromatic heterocycles. The fourth-order valence-electron chi connectivity index (χ4n) is 2.50. The number of ether oxygens (including phenoxy) is 2. The van der Waals surface area contributed by atoms with Gasteiger partial charge in [-0.3, -0.25) is 0 Å². The summed E-state index contributed by atoms with van der Waals surface area (Å²) in [4.78, 5) is 0. The standard InChI is InChI=1S/C13H25NO2/c1-15-9-4-10-16-13(7-2-3-8-13)11-14-12-5-6-12/h12,14H,2-11H2,1H3. The summed E-state index contributed by atoms with van der Waals surface area (Å²) >= 11 is 0. The van der Waals surface area contributed by atoms with Crippen LogP contribution in [0.25, 0.3) is 0 Å². The average Bonchev–Trinajstić information content (AvgIpc) is 3.02. The summed E-state index contributed by atoms with van der Waals surface area (Å²) < 4.78 is 11.2. The third-order valence-corrected chi connectivity index (χ3v) is 3.71. The zero-order valence-corrected chi connectivity index (χ0v) is 10.5. The lowest BCUT2D eigenvalue weighted by atomic mass is 10.0. The van der Waals surface area contributed by atoms with E-state index in [2.05, 4.69) is 5.32 Å². The van der Waals surface area contributed by atoms with Crippen molar-refractivity contribution in [2.24, 2.45) is 0 Å². The van der Waals surface area contributed by atoms with E-state index in [1.165, 1.54) is 38.5 Å². The Balaban J connectivity index is 1.68. The van der Waals surface area contributed by atoms with E-state index in [0.29, 0.717) is 0 Å². The molecule has 16 heavy (non-hydrogen) atoms. The quantitative estimate of drug-likeness (QED) is 0.644. The van der Waals surface area contributed by atoms with Crippen LogP contribution in [0.5, 0.6) is 0 Å². The Morgan fingerprint density at radius 2 is 1.94 bits per heavy atom. The predicted molar refractivity (Wildman–Crippen MR) is 64.7 cm³/mol. The molecule has 94 valence electrons. The van der Waals surface area contributed by atoms with E-state index in [9.17, 15) is 0 Å². The second-order valence-electron chi connectivity index (χ2n) is 5.24. The molecule has 1 N–H and O–H groups in total. The largest absolute Gasteiger partial charge is 0.385 e. The van der Waals surface area contributed by atoms with Gasteiger partial charge in [-0.1, -0.05) is 12.8 Å². The fourth-order valence-corrected chi connectivity index (χ4v) is 2.50. The number of hydrogen-bond donors (Lipinski definition) is 1. The van der Waals surface area contributed by atoms with Crippen molar-refractivity contribution in [3.05, 3.63) is 0 Å². The minimum absolute atomic E-state index is 0.149. The number of nitrogens with one attached hydrogen (secondary N) is 1. The topological polar surface area (TPSA) is 30.5 Å². The van der Waals surface area contributed by atoms with Gasteiger partial charge in [0.25, 0.3) is 0 Å². The molecule has 0 spiro atoms. The first kappa shape index (κ1) is 12.3. The highest BCUT2D eigenvalue weighted by molar-refractivity contribution is 4.92. The second-order valence-corrected chi connectivity index (χ2v) is 5.24. The van der Waals surface area contributed by atoms with E-state index in [4.69, 9.17) is 9.47 Å². The van der Waals surface area contributed by atoms with Crippen LogP contribution in [-0.4, -0.2) is 38.5 Å². The normalized spacial score (nSPS) is 23.8. The van der Waals surface area contributed by atoms with Crippen LogP contribution in [0.2, 0.25) is 0 Å². The molecule has 2 aliphatic rings. The van der Waals surface area contributed by atoms with Crippen molar-refractivity contribution in [3.63, 3.8) is 0 Å². The van der Waals surface area contributed by atoms with Crippen molar-refractivity contribution in [3.8, 4) is 0 Å². The molecule has 2 rings (SSSR count). The monoisotopic (exact) mass is 227 g/mol. The van der Waals surface area contributed by atoms with Crippen molar-refractivity contribution in [1.29, 1.82) is 0 Å². The average molecular weight is 227 g/mol. The maximum Gasteiger partial charge on any atom is 0.0806 e. The zero-order chi connectivity index (χ0) is 11.3. The van der Waals surface area contributed by atoms with Crippen molar-refractivity contribution < 1.29 is 9.47 Å². The van der Waals surface area contributed by atoms with Crippen molar-refractivity contribution >= 4 is 0 Å². The maximum absolute atomic E-state index is 6.13. The summed E-state index contributed by atoms with van der Waals surface area (Å²) in [6, 6.07) is 0.792. The van der Waals surface area contributed by atoms with Crippen LogP contribution in [0.4, 0.5) is 0 Å². The maximum atomic E-state index is 6.13. The molecular weight excluding hydrogens is 202 g/mol. The minimum Gasteiger partial charge on any atom is -0.385 e. The Morgan fingerprint density at radius 3 is 2.56 bits per heavy atom. The van der Waals surface area contributed by atoms with Crippen LogP contribution in [0.1, 0.15) is 44.9 Å². The molecule has 3 heteroatoms. The number of hydrogen-bond acceptors (Lipinski definition) is 3.